The Hall–Kier alpha value is -2.22. The second-order valence-corrected chi connectivity index (χ2v) is 5.67. The van der Waals surface area contributed by atoms with Crippen molar-refractivity contribution in [3.8, 4) is 0 Å². The van der Waals surface area contributed by atoms with E-state index in [1.807, 2.05) is 52.0 Å². The molecule has 2 nitrogen and oxygen atoms in total. The molecule has 0 aliphatic heterocycles. The molecule has 20 heavy (non-hydrogen) atoms. The first-order valence-electron chi connectivity index (χ1n) is 6.72. The molecule has 0 saturated carbocycles. The number of hydrogen-bond donors (Lipinski definition) is 0. The van der Waals surface area contributed by atoms with Crippen LogP contribution < -0.4 is 0 Å². The molecule has 0 amide bonds. The minimum atomic E-state index is -0.0288. The molecule has 0 fully saturated rings. The van der Waals surface area contributed by atoms with Crippen LogP contribution in [0.25, 0.3) is 0 Å². The zero-order valence-electron chi connectivity index (χ0n) is 12.1. The van der Waals surface area contributed by atoms with E-state index in [2.05, 4.69) is 0 Å². The highest BCUT2D eigenvalue weighted by molar-refractivity contribution is 6.29. The summed E-state index contributed by atoms with van der Waals surface area (Å²) in [6.07, 6.45) is 0. The van der Waals surface area contributed by atoms with Crippen LogP contribution in [0.4, 0.5) is 0 Å². The monoisotopic (exact) mass is 264 g/mol. The van der Waals surface area contributed by atoms with Gasteiger partial charge in [0, 0.05) is 22.3 Å². The van der Waals surface area contributed by atoms with Crippen molar-refractivity contribution < 1.29 is 9.59 Å². The normalized spacial score (nSPS) is 13.2. The number of carbonyl (C=O) groups excluding carboxylic acids is 2. The van der Waals surface area contributed by atoms with Gasteiger partial charge in [0.25, 0.3) is 0 Å². The SMILES string of the molecule is Cc1cc(C)c2c(c1)C(=O)c1c(C)cc(C)cc1C2=O. The summed E-state index contributed by atoms with van der Waals surface area (Å²) >= 11 is 0. The third-order valence-corrected chi connectivity index (χ3v) is 3.90. The third-order valence-electron chi connectivity index (χ3n) is 3.90. The predicted octanol–water partition coefficient (Wildman–Crippen LogP) is 3.70. The first-order chi connectivity index (χ1) is 9.40. The lowest BCUT2D eigenvalue weighted by Gasteiger charge is -2.22. The Morgan fingerprint density at radius 3 is 1.30 bits per heavy atom. The van der Waals surface area contributed by atoms with Crippen molar-refractivity contribution in [2.75, 3.05) is 0 Å². The fourth-order valence-corrected chi connectivity index (χ4v) is 3.17. The smallest absolute Gasteiger partial charge is 0.194 e. The first kappa shape index (κ1) is 12.8. The minimum absolute atomic E-state index is 0.0288. The van der Waals surface area contributed by atoms with E-state index < -0.39 is 0 Å². The molecule has 100 valence electrons. The lowest BCUT2D eigenvalue weighted by molar-refractivity contribution is 0.0978. The molecule has 2 aromatic carbocycles. The number of fused-ring (bicyclic) bond motifs is 2. The molecule has 0 N–H and O–H groups in total. The average molecular weight is 264 g/mol. The number of carbonyl (C=O) groups is 2. The summed E-state index contributed by atoms with van der Waals surface area (Å²) in [7, 11) is 0. The quantitative estimate of drug-likeness (QED) is 0.620. The Morgan fingerprint density at radius 2 is 0.950 bits per heavy atom. The van der Waals surface area contributed by atoms with Crippen molar-refractivity contribution in [1.29, 1.82) is 0 Å². The van der Waals surface area contributed by atoms with Crippen LogP contribution >= 0.6 is 0 Å². The number of aryl methyl sites for hydroxylation is 4. The molecule has 0 atom stereocenters. The summed E-state index contributed by atoms with van der Waals surface area (Å²) in [6.45, 7) is 7.68. The molecular weight excluding hydrogens is 248 g/mol. The Bertz CT molecular complexity index is 715. The average Bonchev–Trinajstić information content (AvgIpc) is 2.34. The van der Waals surface area contributed by atoms with Gasteiger partial charge in [-0.2, -0.15) is 0 Å². The van der Waals surface area contributed by atoms with Crippen LogP contribution in [-0.4, -0.2) is 11.6 Å². The van der Waals surface area contributed by atoms with E-state index in [0.29, 0.717) is 22.3 Å². The summed E-state index contributed by atoms with van der Waals surface area (Å²) in [5.41, 5.74) is 6.01. The number of rotatable bonds is 0. The van der Waals surface area contributed by atoms with Crippen molar-refractivity contribution >= 4 is 11.6 Å². The van der Waals surface area contributed by atoms with E-state index in [-0.39, 0.29) is 11.6 Å². The number of benzene rings is 2. The molecule has 1 aliphatic rings. The van der Waals surface area contributed by atoms with Gasteiger partial charge >= 0.3 is 0 Å². The van der Waals surface area contributed by atoms with Crippen LogP contribution in [-0.2, 0) is 0 Å². The van der Waals surface area contributed by atoms with Crippen molar-refractivity contribution in [3.63, 3.8) is 0 Å². The molecule has 0 unspecified atom stereocenters. The molecule has 2 heteroatoms. The Labute approximate surface area is 118 Å². The topological polar surface area (TPSA) is 34.1 Å². The lowest BCUT2D eigenvalue weighted by atomic mass is 9.79. The van der Waals surface area contributed by atoms with Gasteiger partial charge in [-0.3, -0.25) is 9.59 Å². The molecule has 0 aromatic heterocycles. The van der Waals surface area contributed by atoms with E-state index in [4.69, 9.17) is 0 Å². The summed E-state index contributed by atoms with van der Waals surface area (Å²) < 4.78 is 0. The standard InChI is InChI=1S/C18H16O2/c1-9-5-11(3)15-13(7-9)17(19)16-12(4)6-10(2)8-14(16)18(15)20/h5-8H,1-4H3. The van der Waals surface area contributed by atoms with Gasteiger partial charge in [0.05, 0.1) is 0 Å². The van der Waals surface area contributed by atoms with Gasteiger partial charge in [-0.1, -0.05) is 23.3 Å². The molecule has 3 rings (SSSR count). The van der Waals surface area contributed by atoms with E-state index in [1.54, 1.807) is 0 Å². The summed E-state index contributed by atoms with van der Waals surface area (Å²) in [6, 6.07) is 7.56. The van der Waals surface area contributed by atoms with Crippen LogP contribution in [0, 0.1) is 27.7 Å². The van der Waals surface area contributed by atoms with E-state index in [0.717, 1.165) is 22.3 Å². The second-order valence-electron chi connectivity index (χ2n) is 5.67. The van der Waals surface area contributed by atoms with Crippen LogP contribution in [0.2, 0.25) is 0 Å². The van der Waals surface area contributed by atoms with Crippen molar-refractivity contribution in [2.45, 2.75) is 27.7 Å². The zero-order valence-corrected chi connectivity index (χ0v) is 12.1. The number of hydrogen-bond acceptors (Lipinski definition) is 2. The Morgan fingerprint density at radius 1 is 0.600 bits per heavy atom. The maximum absolute atomic E-state index is 12.7. The Balaban J connectivity index is 2.40. The summed E-state index contributed by atoms with van der Waals surface area (Å²) in [4.78, 5) is 25.5. The number of ketones is 2. The highest BCUT2D eigenvalue weighted by Crippen LogP contribution is 2.32. The fraction of sp³-hybridized carbons (Fsp3) is 0.222. The Kier molecular flexibility index (Phi) is 2.65. The maximum Gasteiger partial charge on any atom is 0.194 e. The molecule has 2 aromatic rings. The van der Waals surface area contributed by atoms with Crippen LogP contribution in [0.3, 0.4) is 0 Å². The molecule has 0 spiro atoms. The molecule has 1 aliphatic carbocycles. The molecule has 0 radical (unpaired) electrons. The minimum Gasteiger partial charge on any atom is -0.289 e. The zero-order chi connectivity index (χ0) is 14.6. The largest absolute Gasteiger partial charge is 0.289 e. The van der Waals surface area contributed by atoms with E-state index in [9.17, 15) is 9.59 Å². The van der Waals surface area contributed by atoms with Crippen LogP contribution in [0.15, 0.2) is 24.3 Å². The third kappa shape index (κ3) is 1.64. The second kappa shape index (κ2) is 4.14. The summed E-state index contributed by atoms with van der Waals surface area (Å²) in [5, 5.41) is 0. The van der Waals surface area contributed by atoms with Gasteiger partial charge in [0.2, 0.25) is 0 Å². The summed E-state index contributed by atoms with van der Waals surface area (Å²) in [5.74, 6) is -0.0576. The van der Waals surface area contributed by atoms with Crippen molar-refractivity contribution in [1.82, 2.24) is 0 Å². The van der Waals surface area contributed by atoms with E-state index >= 15 is 0 Å². The van der Waals surface area contributed by atoms with Gasteiger partial charge in [0.15, 0.2) is 11.6 Å². The van der Waals surface area contributed by atoms with Crippen molar-refractivity contribution in [2.24, 2.45) is 0 Å². The van der Waals surface area contributed by atoms with Gasteiger partial charge in [0.1, 0.15) is 0 Å². The predicted molar refractivity (Wildman–Crippen MR) is 78.7 cm³/mol. The van der Waals surface area contributed by atoms with Gasteiger partial charge < -0.3 is 0 Å². The molecular formula is C18H16O2. The fourth-order valence-electron chi connectivity index (χ4n) is 3.17. The van der Waals surface area contributed by atoms with Crippen LogP contribution in [0.5, 0.6) is 0 Å². The van der Waals surface area contributed by atoms with Gasteiger partial charge in [-0.05, 0) is 51.0 Å². The lowest BCUT2D eigenvalue weighted by Crippen LogP contribution is -2.23. The molecule has 0 heterocycles. The molecule has 0 saturated heterocycles. The van der Waals surface area contributed by atoms with Gasteiger partial charge in [-0.15, -0.1) is 0 Å². The first-order valence-corrected chi connectivity index (χ1v) is 6.72. The van der Waals surface area contributed by atoms with Crippen molar-refractivity contribution in [3.05, 3.63) is 68.8 Å². The van der Waals surface area contributed by atoms with E-state index in [1.165, 1.54) is 0 Å². The maximum atomic E-state index is 12.7. The molecule has 0 bridgehead atoms. The highest BCUT2D eigenvalue weighted by atomic mass is 16.1. The van der Waals surface area contributed by atoms with Crippen LogP contribution in [0.1, 0.15) is 54.1 Å². The highest BCUT2D eigenvalue weighted by Gasteiger charge is 2.32. The van der Waals surface area contributed by atoms with Gasteiger partial charge in [-0.25, -0.2) is 0 Å².